The van der Waals surface area contributed by atoms with Crippen LogP contribution in [-0.2, 0) is 4.79 Å². The third kappa shape index (κ3) is 5.00. The van der Waals surface area contributed by atoms with Gasteiger partial charge < -0.3 is 10.2 Å². The molecule has 17 heavy (non-hydrogen) atoms. The summed E-state index contributed by atoms with van der Waals surface area (Å²) >= 11 is 0. The molecule has 0 radical (unpaired) electrons. The van der Waals surface area contributed by atoms with Crippen molar-refractivity contribution in [3.05, 3.63) is 37.0 Å². The maximum absolute atomic E-state index is 12.0. The topological polar surface area (TPSA) is 32.3 Å². The Balaban J connectivity index is 0.00000121. The van der Waals surface area contributed by atoms with Crippen LogP contribution in [0.4, 0.5) is 0 Å². The van der Waals surface area contributed by atoms with Gasteiger partial charge in [-0.05, 0) is 6.92 Å². The SMILES string of the molecule is C=C/C=C(\C=C)C(=O)N1CCNC(C)C1.CC. The molecule has 0 saturated carbocycles. The zero-order chi connectivity index (χ0) is 13.3. The van der Waals surface area contributed by atoms with Crippen LogP contribution >= 0.6 is 0 Å². The molecular weight excluding hydrogens is 212 g/mol. The number of amides is 1. The van der Waals surface area contributed by atoms with Gasteiger partial charge in [0.05, 0.1) is 0 Å². The van der Waals surface area contributed by atoms with Gasteiger partial charge in [-0.15, -0.1) is 0 Å². The smallest absolute Gasteiger partial charge is 0.253 e. The molecule has 1 fully saturated rings. The Kier molecular flexibility index (Phi) is 8.07. The summed E-state index contributed by atoms with van der Waals surface area (Å²) in [6, 6.07) is 0.359. The highest BCUT2D eigenvalue weighted by Crippen LogP contribution is 2.07. The Morgan fingerprint density at radius 1 is 1.41 bits per heavy atom. The number of hydrogen-bond acceptors (Lipinski definition) is 2. The molecule has 96 valence electrons. The molecule has 1 atom stereocenters. The maximum Gasteiger partial charge on any atom is 0.253 e. The minimum absolute atomic E-state index is 0.0400. The van der Waals surface area contributed by atoms with Gasteiger partial charge in [-0.3, -0.25) is 4.79 Å². The van der Waals surface area contributed by atoms with E-state index in [0.29, 0.717) is 11.6 Å². The van der Waals surface area contributed by atoms with Gasteiger partial charge >= 0.3 is 0 Å². The Labute approximate surface area is 105 Å². The standard InChI is InChI=1S/C12H18N2O.C2H6/c1-4-6-11(5-2)12(15)14-8-7-13-10(3)9-14;1-2/h4-6,10,13H,1-2,7-9H2,3H3;1-2H3/b11-6+;. The molecule has 1 aliphatic heterocycles. The van der Waals surface area contributed by atoms with Gasteiger partial charge in [0.25, 0.3) is 5.91 Å². The first-order valence-corrected chi connectivity index (χ1v) is 6.17. The molecule has 0 aromatic rings. The van der Waals surface area contributed by atoms with E-state index in [-0.39, 0.29) is 5.91 Å². The number of carbonyl (C=O) groups excluding carboxylic acids is 1. The summed E-state index contributed by atoms with van der Waals surface area (Å²) in [5.74, 6) is 0.0400. The maximum atomic E-state index is 12.0. The van der Waals surface area contributed by atoms with E-state index in [9.17, 15) is 4.79 Å². The molecule has 3 heteroatoms. The third-order valence-electron chi connectivity index (χ3n) is 2.42. The average molecular weight is 236 g/mol. The lowest BCUT2D eigenvalue weighted by atomic mass is 10.1. The van der Waals surface area contributed by atoms with Gasteiger partial charge in [-0.2, -0.15) is 0 Å². The van der Waals surface area contributed by atoms with Crippen LogP contribution in [0.15, 0.2) is 37.0 Å². The van der Waals surface area contributed by atoms with Crippen LogP contribution in [0.5, 0.6) is 0 Å². The molecular formula is C14H24N2O. The van der Waals surface area contributed by atoms with E-state index in [1.807, 2.05) is 18.7 Å². The molecule has 0 aliphatic carbocycles. The first kappa shape index (κ1) is 15.7. The highest BCUT2D eigenvalue weighted by molar-refractivity contribution is 5.96. The summed E-state index contributed by atoms with van der Waals surface area (Å²) in [4.78, 5) is 13.8. The molecule has 0 aromatic heterocycles. The summed E-state index contributed by atoms with van der Waals surface area (Å²) < 4.78 is 0. The van der Waals surface area contributed by atoms with E-state index in [2.05, 4.69) is 25.4 Å². The number of allylic oxidation sites excluding steroid dienone is 2. The van der Waals surface area contributed by atoms with E-state index in [1.165, 1.54) is 0 Å². The normalized spacial score (nSPS) is 20.1. The molecule has 1 unspecified atom stereocenters. The van der Waals surface area contributed by atoms with Crippen LogP contribution in [0.3, 0.4) is 0 Å². The third-order valence-corrected chi connectivity index (χ3v) is 2.42. The predicted octanol–water partition coefficient (Wildman–Crippen LogP) is 2.13. The first-order chi connectivity index (χ1) is 8.19. The zero-order valence-corrected chi connectivity index (χ0v) is 11.2. The van der Waals surface area contributed by atoms with Crippen molar-refractivity contribution in [3.63, 3.8) is 0 Å². The highest BCUT2D eigenvalue weighted by atomic mass is 16.2. The van der Waals surface area contributed by atoms with E-state index in [0.717, 1.165) is 19.6 Å². The Bertz CT molecular complexity index is 295. The number of nitrogens with zero attached hydrogens (tertiary/aromatic N) is 1. The molecule has 1 saturated heterocycles. The van der Waals surface area contributed by atoms with Crippen molar-refractivity contribution in [3.8, 4) is 0 Å². The second-order valence-corrected chi connectivity index (χ2v) is 3.67. The van der Waals surface area contributed by atoms with Crippen molar-refractivity contribution in [2.24, 2.45) is 0 Å². The van der Waals surface area contributed by atoms with Crippen LogP contribution < -0.4 is 5.32 Å². The Hall–Kier alpha value is -1.35. The summed E-state index contributed by atoms with van der Waals surface area (Å²) in [6.07, 6.45) is 4.89. The van der Waals surface area contributed by atoms with Gasteiger partial charge in [0.2, 0.25) is 0 Å². The molecule has 3 nitrogen and oxygen atoms in total. The van der Waals surface area contributed by atoms with Crippen molar-refractivity contribution < 1.29 is 4.79 Å². The van der Waals surface area contributed by atoms with Crippen LogP contribution in [0, 0.1) is 0 Å². The Morgan fingerprint density at radius 3 is 2.53 bits per heavy atom. The minimum atomic E-state index is 0.0400. The highest BCUT2D eigenvalue weighted by Gasteiger charge is 2.21. The number of nitrogens with one attached hydrogen (secondary N) is 1. The van der Waals surface area contributed by atoms with Crippen molar-refractivity contribution in [1.82, 2.24) is 10.2 Å². The molecule has 1 amide bonds. The lowest BCUT2D eigenvalue weighted by molar-refractivity contribution is -0.127. The number of rotatable bonds is 3. The Morgan fingerprint density at radius 2 is 2.06 bits per heavy atom. The fourth-order valence-electron chi connectivity index (χ4n) is 1.65. The molecule has 1 N–H and O–H groups in total. The van der Waals surface area contributed by atoms with Crippen LogP contribution in [0.1, 0.15) is 20.8 Å². The summed E-state index contributed by atoms with van der Waals surface area (Å²) in [5.41, 5.74) is 0.610. The quantitative estimate of drug-likeness (QED) is 0.601. The summed E-state index contributed by atoms with van der Waals surface area (Å²) in [5, 5.41) is 3.30. The van der Waals surface area contributed by atoms with Crippen LogP contribution in [0.25, 0.3) is 0 Å². The number of carbonyl (C=O) groups is 1. The number of hydrogen-bond donors (Lipinski definition) is 1. The van der Waals surface area contributed by atoms with Crippen molar-refractivity contribution in [1.29, 1.82) is 0 Å². The molecule has 1 heterocycles. The van der Waals surface area contributed by atoms with Gasteiger partial charge in [-0.25, -0.2) is 0 Å². The summed E-state index contributed by atoms with van der Waals surface area (Å²) in [7, 11) is 0. The van der Waals surface area contributed by atoms with Gasteiger partial charge in [-0.1, -0.05) is 45.2 Å². The predicted molar refractivity (Wildman–Crippen MR) is 73.9 cm³/mol. The first-order valence-electron chi connectivity index (χ1n) is 6.17. The van der Waals surface area contributed by atoms with E-state index in [1.54, 1.807) is 18.2 Å². The fraction of sp³-hybridized carbons (Fsp3) is 0.500. The molecule has 0 aromatic carbocycles. The molecule has 1 rings (SSSR count). The lowest BCUT2D eigenvalue weighted by Gasteiger charge is -2.32. The van der Waals surface area contributed by atoms with Crippen molar-refractivity contribution in [2.45, 2.75) is 26.8 Å². The van der Waals surface area contributed by atoms with Crippen molar-refractivity contribution in [2.75, 3.05) is 19.6 Å². The van der Waals surface area contributed by atoms with Gasteiger partial charge in [0.15, 0.2) is 0 Å². The van der Waals surface area contributed by atoms with E-state index < -0.39 is 0 Å². The second kappa shape index (κ2) is 8.76. The summed E-state index contributed by atoms with van der Waals surface area (Å²) in [6.45, 7) is 15.7. The monoisotopic (exact) mass is 236 g/mol. The largest absolute Gasteiger partial charge is 0.336 e. The molecule has 1 aliphatic rings. The van der Waals surface area contributed by atoms with Crippen LogP contribution in [-0.4, -0.2) is 36.5 Å². The van der Waals surface area contributed by atoms with Crippen molar-refractivity contribution >= 4 is 5.91 Å². The second-order valence-electron chi connectivity index (χ2n) is 3.67. The van der Waals surface area contributed by atoms with E-state index >= 15 is 0 Å². The minimum Gasteiger partial charge on any atom is -0.336 e. The number of piperazine rings is 1. The van der Waals surface area contributed by atoms with Gasteiger partial charge in [0, 0.05) is 31.2 Å². The van der Waals surface area contributed by atoms with Crippen LogP contribution in [0.2, 0.25) is 0 Å². The molecule has 0 bridgehead atoms. The lowest BCUT2D eigenvalue weighted by Crippen LogP contribution is -2.51. The fourth-order valence-corrected chi connectivity index (χ4v) is 1.65. The average Bonchev–Trinajstić information content (AvgIpc) is 2.37. The zero-order valence-electron chi connectivity index (χ0n) is 11.2. The molecule has 0 spiro atoms. The van der Waals surface area contributed by atoms with Gasteiger partial charge in [0.1, 0.15) is 0 Å². The van der Waals surface area contributed by atoms with E-state index in [4.69, 9.17) is 0 Å².